The lowest BCUT2D eigenvalue weighted by atomic mass is 9.89. The molecule has 0 saturated carbocycles. The summed E-state index contributed by atoms with van der Waals surface area (Å²) in [6.45, 7) is 2.48. The third-order valence-corrected chi connectivity index (χ3v) is 7.53. The first-order valence-electron chi connectivity index (χ1n) is 8.92. The molecule has 1 fully saturated rings. The number of aromatic nitrogens is 1. The van der Waals surface area contributed by atoms with Gasteiger partial charge in [-0.25, -0.2) is 21.1 Å². The first kappa shape index (κ1) is 20.6. The molecule has 1 aliphatic rings. The Morgan fingerprint density at radius 3 is 2.43 bits per heavy atom. The summed E-state index contributed by atoms with van der Waals surface area (Å²) in [5, 5.41) is 0.708. The highest BCUT2D eigenvalue weighted by Crippen LogP contribution is 2.36. The van der Waals surface area contributed by atoms with Crippen molar-refractivity contribution < 1.29 is 21.6 Å². The number of nitrogens with one attached hydrogen (secondary N) is 2. The Morgan fingerprint density at radius 1 is 1.25 bits per heavy atom. The number of carbonyl (C=O) groups is 1. The van der Waals surface area contributed by atoms with Crippen LogP contribution in [0.1, 0.15) is 41.6 Å². The first-order chi connectivity index (χ1) is 13.0. The molecule has 4 N–H and O–H groups in total. The molecule has 0 atom stereocenters. The molecule has 0 bridgehead atoms. The number of aromatic amines is 1. The van der Waals surface area contributed by atoms with Crippen molar-refractivity contribution in [3.05, 3.63) is 29.5 Å². The number of H-pyrrole nitrogens is 1. The van der Waals surface area contributed by atoms with Gasteiger partial charge in [0.05, 0.1) is 28.8 Å². The molecule has 1 aromatic heterocycles. The fraction of sp³-hybridized carbons (Fsp3) is 0.471. The fourth-order valence-electron chi connectivity index (χ4n) is 3.69. The standard InChI is InChI=1S/C17H24N4O5S2/c1-3-28(25,26)21-6-4-11(5-7-21)15-10-19-16-13(15)8-12(20-27(2,23)24)9-14(16)17(18)22/h8-11,19-20H,3-7H2,1-2H3,(H2,18,22). The predicted octanol–water partition coefficient (Wildman–Crippen LogP) is 1.17. The van der Waals surface area contributed by atoms with Gasteiger partial charge < -0.3 is 10.7 Å². The highest BCUT2D eigenvalue weighted by Gasteiger charge is 2.29. The fourth-order valence-corrected chi connectivity index (χ4v) is 5.36. The Labute approximate surface area is 164 Å². The molecule has 2 aromatic rings. The summed E-state index contributed by atoms with van der Waals surface area (Å²) < 4.78 is 51.2. The molecule has 28 heavy (non-hydrogen) atoms. The number of nitrogens with zero attached hydrogens (tertiary/aromatic N) is 1. The summed E-state index contributed by atoms with van der Waals surface area (Å²) in [4.78, 5) is 14.9. The third-order valence-electron chi connectivity index (χ3n) is 5.04. The first-order valence-corrected chi connectivity index (χ1v) is 12.4. The summed E-state index contributed by atoms with van der Waals surface area (Å²) >= 11 is 0. The van der Waals surface area contributed by atoms with Gasteiger partial charge in [-0.05, 0) is 43.4 Å². The maximum Gasteiger partial charge on any atom is 0.250 e. The van der Waals surface area contributed by atoms with E-state index in [4.69, 9.17) is 5.73 Å². The van der Waals surface area contributed by atoms with E-state index in [0.717, 1.165) is 11.8 Å². The predicted molar refractivity (Wildman–Crippen MR) is 108 cm³/mol. The Hall–Kier alpha value is -2.11. The van der Waals surface area contributed by atoms with Crippen molar-refractivity contribution >= 4 is 42.5 Å². The number of sulfonamides is 2. The van der Waals surface area contributed by atoms with Crippen LogP contribution in [0.15, 0.2) is 18.3 Å². The van der Waals surface area contributed by atoms with Crippen molar-refractivity contribution in [2.75, 3.05) is 29.8 Å². The van der Waals surface area contributed by atoms with Crippen molar-refractivity contribution in [1.82, 2.24) is 9.29 Å². The summed E-state index contributed by atoms with van der Waals surface area (Å²) in [5.74, 6) is -0.501. The molecule has 0 unspecified atom stereocenters. The van der Waals surface area contributed by atoms with Crippen LogP contribution in [0.5, 0.6) is 0 Å². The molecule has 1 amide bonds. The number of hydrogen-bond acceptors (Lipinski definition) is 5. The van der Waals surface area contributed by atoms with Gasteiger partial charge in [0, 0.05) is 24.7 Å². The minimum atomic E-state index is -3.52. The highest BCUT2D eigenvalue weighted by atomic mass is 32.2. The van der Waals surface area contributed by atoms with Gasteiger partial charge in [0.15, 0.2) is 0 Å². The zero-order chi connectivity index (χ0) is 20.7. The van der Waals surface area contributed by atoms with Crippen LogP contribution in [0.25, 0.3) is 10.9 Å². The van der Waals surface area contributed by atoms with Crippen molar-refractivity contribution in [3.63, 3.8) is 0 Å². The summed E-state index contributed by atoms with van der Waals surface area (Å²) in [6.07, 6.45) is 4.10. The van der Waals surface area contributed by atoms with Crippen LogP contribution in [0, 0.1) is 0 Å². The normalized spacial score (nSPS) is 17.1. The lowest BCUT2D eigenvalue weighted by Gasteiger charge is -2.31. The second kappa shape index (κ2) is 7.37. The van der Waals surface area contributed by atoms with Gasteiger partial charge in [-0.1, -0.05) is 0 Å². The van der Waals surface area contributed by atoms with E-state index in [9.17, 15) is 21.6 Å². The average Bonchev–Trinajstić information content (AvgIpc) is 3.03. The number of carbonyl (C=O) groups excluding carboxylic acids is 1. The van der Waals surface area contributed by atoms with E-state index >= 15 is 0 Å². The van der Waals surface area contributed by atoms with Gasteiger partial charge in [-0.2, -0.15) is 0 Å². The molecule has 1 aliphatic heterocycles. The largest absolute Gasteiger partial charge is 0.366 e. The van der Waals surface area contributed by atoms with E-state index in [1.807, 2.05) is 0 Å². The number of anilines is 1. The molecule has 1 saturated heterocycles. The maximum absolute atomic E-state index is 12.1. The van der Waals surface area contributed by atoms with Crippen LogP contribution in [-0.4, -0.2) is 57.1 Å². The minimum Gasteiger partial charge on any atom is -0.366 e. The average molecular weight is 429 g/mol. The van der Waals surface area contributed by atoms with Crippen LogP contribution in [0.2, 0.25) is 0 Å². The third kappa shape index (κ3) is 4.15. The molecular weight excluding hydrogens is 404 g/mol. The topological polar surface area (TPSA) is 142 Å². The molecule has 0 aliphatic carbocycles. The summed E-state index contributed by atoms with van der Waals surface area (Å²) in [5.41, 5.74) is 7.39. The molecular formula is C17H24N4O5S2. The lowest BCUT2D eigenvalue weighted by Crippen LogP contribution is -2.38. The molecule has 1 aromatic carbocycles. The van der Waals surface area contributed by atoms with Crippen molar-refractivity contribution in [1.29, 1.82) is 0 Å². The molecule has 0 spiro atoms. The number of nitrogens with two attached hydrogens (primary N) is 1. The minimum absolute atomic E-state index is 0.0766. The Morgan fingerprint density at radius 2 is 1.89 bits per heavy atom. The Bertz CT molecular complexity index is 1110. The van der Waals surface area contributed by atoms with Crippen LogP contribution in [-0.2, 0) is 20.0 Å². The van der Waals surface area contributed by atoms with Gasteiger partial charge in [0.2, 0.25) is 20.0 Å². The van der Waals surface area contributed by atoms with Crippen molar-refractivity contribution in [3.8, 4) is 0 Å². The molecule has 154 valence electrons. The number of amides is 1. The van der Waals surface area contributed by atoms with E-state index in [1.54, 1.807) is 19.2 Å². The Kier molecular flexibility index (Phi) is 5.43. The smallest absolute Gasteiger partial charge is 0.250 e. The number of rotatable bonds is 6. The molecule has 3 rings (SSSR count). The van der Waals surface area contributed by atoms with Gasteiger partial charge in [0.1, 0.15) is 0 Å². The van der Waals surface area contributed by atoms with E-state index in [-0.39, 0.29) is 22.9 Å². The van der Waals surface area contributed by atoms with Crippen LogP contribution in [0.3, 0.4) is 0 Å². The highest BCUT2D eigenvalue weighted by molar-refractivity contribution is 7.92. The van der Waals surface area contributed by atoms with Crippen LogP contribution in [0.4, 0.5) is 5.69 Å². The number of hydrogen-bond donors (Lipinski definition) is 3. The SMILES string of the molecule is CCS(=O)(=O)N1CCC(c2c[nH]c3c(C(N)=O)cc(NS(C)(=O)=O)cc23)CC1. The van der Waals surface area contributed by atoms with Gasteiger partial charge >= 0.3 is 0 Å². The molecule has 11 heteroatoms. The van der Waals surface area contributed by atoms with Gasteiger partial charge in [0.25, 0.3) is 5.91 Å². The Balaban J connectivity index is 1.98. The second-order valence-electron chi connectivity index (χ2n) is 7.00. The maximum atomic E-state index is 12.1. The van der Waals surface area contributed by atoms with Crippen molar-refractivity contribution in [2.24, 2.45) is 5.73 Å². The number of piperidine rings is 1. The monoisotopic (exact) mass is 428 g/mol. The molecule has 9 nitrogen and oxygen atoms in total. The number of fused-ring (bicyclic) bond motifs is 1. The summed E-state index contributed by atoms with van der Waals surface area (Å²) in [7, 11) is -6.73. The van der Waals surface area contributed by atoms with E-state index in [1.165, 1.54) is 10.4 Å². The van der Waals surface area contributed by atoms with Crippen LogP contribution >= 0.6 is 0 Å². The van der Waals surface area contributed by atoms with E-state index in [2.05, 4.69) is 9.71 Å². The quantitative estimate of drug-likeness (QED) is 0.633. The zero-order valence-corrected chi connectivity index (χ0v) is 17.4. The summed E-state index contributed by atoms with van der Waals surface area (Å²) in [6, 6.07) is 3.08. The van der Waals surface area contributed by atoms with Crippen LogP contribution < -0.4 is 10.5 Å². The van der Waals surface area contributed by atoms with E-state index < -0.39 is 26.0 Å². The zero-order valence-electron chi connectivity index (χ0n) is 15.7. The van der Waals surface area contributed by atoms with E-state index in [0.29, 0.717) is 36.8 Å². The molecule has 2 heterocycles. The van der Waals surface area contributed by atoms with Crippen molar-refractivity contribution in [2.45, 2.75) is 25.7 Å². The van der Waals surface area contributed by atoms with Gasteiger partial charge in [-0.3, -0.25) is 9.52 Å². The second-order valence-corrected chi connectivity index (χ2v) is 11.0. The molecule has 0 radical (unpaired) electrons. The number of primary amides is 1. The lowest BCUT2D eigenvalue weighted by molar-refractivity contribution is 0.100. The number of benzene rings is 1. The van der Waals surface area contributed by atoms with Gasteiger partial charge in [-0.15, -0.1) is 0 Å².